The van der Waals surface area contributed by atoms with Crippen LogP contribution in [0.25, 0.3) is 0 Å². The van der Waals surface area contributed by atoms with Crippen molar-refractivity contribution in [3.63, 3.8) is 0 Å². The molecule has 1 fully saturated rings. The fraction of sp³-hybridized carbons (Fsp3) is 0.692. The second-order valence-electron chi connectivity index (χ2n) is 5.11. The number of carbonyl (C=O) groups excluding carboxylic acids is 1. The molecule has 1 aromatic heterocycles. The summed E-state index contributed by atoms with van der Waals surface area (Å²) in [6.45, 7) is 6.45. The molecule has 0 bridgehead atoms. The van der Waals surface area contributed by atoms with Crippen molar-refractivity contribution in [1.82, 2.24) is 20.0 Å². The third kappa shape index (κ3) is 3.09. The summed E-state index contributed by atoms with van der Waals surface area (Å²) in [6, 6.07) is 0.236. The predicted molar refractivity (Wildman–Crippen MR) is 75.6 cm³/mol. The Morgan fingerprint density at radius 2 is 2.11 bits per heavy atom. The Labute approximate surface area is 118 Å². The number of aryl methyl sites for hydroxylation is 2. The molecule has 0 saturated carbocycles. The van der Waals surface area contributed by atoms with Crippen LogP contribution in [0.3, 0.4) is 0 Å². The normalized spacial score (nSPS) is 17.7. The summed E-state index contributed by atoms with van der Waals surface area (Å²) in [5.41, 5.74) is 1.19. The SMILES string of the molecule is CCn1nc(C)c(Cl)c1C(=O)NC1CCN(C)CC1. The number of hydrogen-bond donors (Lipinski definition) is 1. The first-order chi connectivity index (χ1) is 9.02. The summed E-state index contributed by atoms with van der Waals surface area (Å²) in [5, 5.41) is 7.81. The topological polar surface area (TPSA) is 50.2 Å². The predicted octanol–water partition coefficient (Wildman–Crippen LogP) is 1.69. The Morgan fingerprint density at radius 1 is 1.47 bits per heavy atom. The van der Waals surface area contributed by atoms with E-state index in [0.29, 0.717) is 23.0 Å². The third-order valence-electron chi connectivity index (χ3n) is 3.62. The summed E-state index contributed by atoms with van der Waals surface area (Å²) in [4.78, 5) is 14.6. The molecule has 6 heteroatoms. The lowest BCUT2D eigenvalue weighted by Crippen LogP contribution is -2.43. The van der Waals surface area contributed by atoms with Crippen molar-refractivity contribution in [1.29, 1.82) is 0 Å². The number of amides is 1. The van der Waals surface area contributed by atoms with E-state index in [0.717, 1.165) is 25.9 Å². The van der Waals surface area contributed by atoms with E-state index in [1.54, 1.807) is 4.68 Å². The van der Waals surface area contributed by atoms with Gasteiger partial charge in [0.15, 0.2) is 0 Å². The molecular weight excluding hydrogens is 264 g/mol. The second kappa shape index (κ2) is 5.92. The maximum Gasteiger partial charge on any atom is 0.271 e. The van der Waals surface area contributed by atoms with Crippen molar-refractivity contribution in [2.24, 2.45) is 0 Å². The van der Waals surface area contributed by atoms with E-state index in [9.17, 15) is 4.79 Å². The quantitative estimate of drug-likeness (QED) is 0.919. The van der Waals surface area contributed by atoms with E-state index in [-0.39, 0.29) is 11.9 Å². The van der Waals surface area contributed by atoms with Gasteiger partial charge in [-0.2, -0.15) is 5.10 Å². The number of aromatic nitrogens is 2. The largest absolute Gasteiger partial charge is 0.348 e. The molecule has 2 rings (SSSR count). The summed E-state index contributed by atoms with van der Waals surface area (Å²) in [6.07, 6.45) is 1.97. The lowest BCUT2D eigenvalue weighted by atomic mass is 10.1. The zero-order valence-corrected chi connectivity index (χ0v) is 12.5. The van der Waals surface area contributed by atoms with Crippen LogP contribution >= 0.6 is 11.6 Å². The van der Waals surface area contributed by atoms with E-state index < -0.39 is 0 Å². The monoisotopic (exact) mass is 284 g/mol. The average molecular weight is 285 g/mol. The highest BCUT2D eigenvalue weighted by Gasteiger charge is 2.24. The van der Waals surface area contributed by atoms with Crippen LogP contribution in [0.4, 0.5) is 0 Å². The van der Waals surface area contributed by atoms with E-state index in [1.807, 2.05) is 13.8 Å². The van der Waals surface area contributed by atoms with Gasteiger partial charge in [0.1, 0.15) is 5.69 Å². The lowest BCUT2D eigenvalue weighted by molar-refractivity contribution is 0.0906. The summed E-state index contributed by atoms with van der Waals surface area (Å²) < 4.78 is 1.67. The van der Waals surface area contributed by atoms with Gasteiger partial charge in [-0.3, -0.25) is 9.48 Å². The first-order valence-electron chi connectivity index (χ1n) is 6.75. The fourth-order valence-electron chi connectivity index (χ4n) is 2.41. The Hall–Kier alpha value is -1.07. The molecule has 19 heavy (non-hydrogen) atoms. The number of carbonyl (C=O) groups is 1. The number of rotatable bonds is 3. The first-order valence-corrected chi connectivity index (χ1v) is 7.13. The minimum atomic E-state index is -0.109. The molecule has 5 nitrogen and oxygen atoms in total. The van der Waals surface area contributed by atoms with Gasteiger partial charge in [0.05, 0.1) is 10.7 Å². The van der Waals surface area contributed by atoms with Crippen molar-refractivity contribution in [3.05, 3.63) is 16.4 Å². The molecule has 0 radical (unpaired) electrons. The first kappa shape index (κ1) is 14.3. The number of likely N-dealkylation sites (tertiary alicyclic amines) is 1. The molecule has 0 aromatic carbocycles. The molecule has 1 amide bonds. The van der Waals surface area contributed by atoms with Crippen LogP contribution in [-0.4, -0.2) is 46.8 Å². The van der Waals surface area contributed by atoms with Gasteiger partial charge in [0, 0.05) is 12.6 Å². The molecular formula is C13H21ClN4O. The van der Waals surface area contributed by atoms with Crippen molar-refractivity contribution < 1.29 is 4.79 Å². The molecule has 1 aliphatic rings. The van der Waals surface area contributed by atoms with Crippen LogP contribution in [0.15, 0.2) is 0 Å². The molecule has 1 aliphatic heterocycles. The summed E-state index contributed by atoms with van der Waals surface area (Å²) >= 11 is 6.18. The van der Waals surface area contributed by atoms with E-state index in [2.05, 4.69) is 22.4 Å². The van der Waals surface area contributed by atoms with Gasteiger partial charge in [0.2, 0.25) is 0 Å². The van der Waals surface area contributed by atoms with Crippen molar-refractivity contribution in [2.45, 2.75) is 39.3 Å². The Morgan fingerprint density at radius 3 is 2.68 bits per heavy atom. The second-order valence-corrected chi connectivity index (χ2v) is 5.49. The maximum absolute atomic E-state index is 12.3. The third-order valence-corrected chi connectivity index (χ3v) is 4.08. The number of nitrogens with one attached hydrogen (secondary N) is 1. The Bertz CT molecular complexity index is 463. The zero-order chi connectivity index (χ0) is 14.0. The smallest absolute Gasteiger partial charge is 0.271 e. The van der Waals surface area contributed by atoms with Crippen LogP contribution in [0.5, 0.6) is 0 Å². The van der Waals surface area contributed by atoms with Gasteiger partial charge in [-0.05, 0) is 46.8 Å². The highest BCUT2D eigenvalue weighted by Crippen LogP contribution is 2.20. The van der Waals surface area contributed by atoms with Crippen LogP contribution in [0, 0.1) is 6.92 Å². The minimum Gasteiger partial charge on any atom is -0.348 e. The fourth-order valence-corrected chi connectivity index (χ4v) is 2.63. The Kier molecular flexibility index (Phi) is 4.47. The van der Waals surface area contributed by atoms with Gasteiger partial charge in [-0.25, -0.2) is 0 Å². The van der Waals surface area contributed by atoms with E-state index in [1.165, 1.54) is 0 Å². The van der Waals surface area contributed by atoms with Crippen LogP contribution < -0.4 is 5.32 Å². The van der Waals surface area contributed by atoms with Crippen LogP contribution in [0.2, 0.25) is 5.02 Å². The number of hydrogen-bond acceptors (Lipinski definition) is 3. The summed E-state index contributed by atoms with van der Waals surface area (Å²) in [5.74, 6) is -0.109. The van der Waals surface area contributed by atoms with Crippen molar-refractivity contribution >= 4 is 17.5 Å². The minimum absolute atomic E-state index is 0.109. The molecule has 0 aliphatic carbocycles. The van der Waals surface area contributed by atoms with Gasteiger partial charge >= 0.3 is 0 Å². The molecule has 0 unspecified atom stereocenters. The molecule has 0 spiro atoms. The zero-order valence-electron chi connectivity index (χ0n) is 11.7. The van der Waals surface area contributed by atoms with E-state index >= 15 is 0 Å². The van der Waals surface area contributed by atoms with Gasteiger partial charge in [-0.1, -0.05) is 11.6 Å². The molecule has 106 valence electrons. The van der Waals surface area contributed by atoms with Crippen LogP contribution in [0.1, 0.15) is 35.9 Å². The number of halogens is 1. The number of piperidine rings is 1. The molecule has 1 aromatic rings. The maximum atomic E-state index is 12.3. The highest BCUT2D eigenvalue weighted by molar-refractivity contribution is 6.34. The van der Waals surface area contributed by atoms with Gasteiger partial charge in [-0.15, -0.1) is 0 Å². The van der Waals surface area contributed by atoms with Gasteiger partial charge < -0.3 is 10.2 Å². The standard InChI is InChI=1S/C13H21ClN4O/c1-4-18-12(11(14)9(2)16-18)13(19)15-10-5-7-17(3)8-6-10/h10H,4-8H2,1-3H3,(H,15,19). The average Bonchev–Trinajstić information content (AvgIpc) is 2.68. The summed E-state index contributed by atoms with van der Waals surface area (Å²) in [7, 11) is 2.10. The number of nitrogens with zero attached hydrogens (tertiary/aromatic N) is 3. The lowest BCUT2D eigenvalue weighted by Gasteiger charge is -2.29. The van der Waals surface area contributed by atoms with Gasteiger partial charge in [0.25, 0.3) is 5.91 Å². The van der Waals surface area contributed by atoms with Crippen molar-refractivity contribution in [2.75, 3.05) is 20.1 Å². The van der Waals surface area contributed by atoms with Crippen molar-refractivity contribution in [3.8, 4) is 0 Å². The van der Waals surface area contributed by atoms with E-state index in [4.69, 9.17) is 11.6 Å². The van der Waals surface area contributed by atoms with Crippen LogP contribution in [-0.2, 0) is 6.54 Å². The molecule has 1 saturated heterocycles. The Balaban J connectivity index is 2.08. The molecule has 0 atom stereocenters. The highest BCUT2D eigenvalue weighted by atomic mass is 35.5. The molecule has 1 N–H and O–H groups in total. The molecule has 2 heterocycles.